The van der Waals surface area contributed by atoms with Gasteiger partial charge >= 0.3 is 5.97 Å². The number of anilines is 2. The minimum Gasteiger partial charge on any atom is -0.464 e. The van der Waals surface area contributed by atoms with Crippen LogP contribution in [0.3, 0.4) is 0 Å². The number of rotatable bonds is 3. The number of aromatic nitrogens is 2. The van der Waals surface area contributed by atoms with Gasteiger partial charge in [-0.2, -0.15) is 0 Å². The molecule has 2 amide bonds. The fourth-order valence-corrected chi connectivity index (χ4v) is 5.12. The minimum absolute atomic E-state index is 0.0678. The molecule has 4 heterocycles. The van der Waals surface area contributed by atoms with Crippen molar-refractivity contribution in [3.63, 3.8) is 0 Å². The van der Waals surface area contributed by atoms with Crippen molar-refractivity contribution >= 4 is 39.9 Å². The molecule has 0 fully saturated rings. The monoisotopic (exact) mass is 415 g/mol. The van der Waals surface area contributed by atoms with Crippen molar-refractivity contribution in [3.8, 4) is 0 Å². The molecule has 152 valence electrons. The maximum absolute atomic E-state index is 12.9. The SMILES string of the molecule is CCN1C(=O)CN(C)C(=O)c2c1sc1c2CCN(c2ccc(C(=O)OC)nn2)C1. The van der Waals surface area contributed by atoms with E-state index < -0.39 is 5.97 Å². The van der Waals surface area contributed by atoms with Gasteiger partial charge < -0.3 is 19.4 Å². The highest BCUT2D eigenvalue weighted by Gasteiger charge is 2.36. The van der Waals surface area contributed by atoms with Crippen molar-refractivity contribution in [2.24, 2.45) is 0 Å². The van der Waals surface area contributed by atoms with Crippen molar-refractivity contribution in [2.45, 2.75) is 19.9 Å². The first-order valence-electron chi connectivity index (χ1n) is 9.32. The minimum atomic E-state index is -0.529. The lowest BCUT2D eigenvalue weighted by atomic mass is 10.0. The van der Waals surface area contributed by atoms with Crippen LogP contribution in [-0.2, 0) is 22.5 Å². The topological polar surface area (TPSA) is 95.9 Å². The Morgan fingerprint density at radius 3 is 2.69 bits per heavy atom. The third-order valence-electron chi connectivity index (χ3n) is 5.20. The van der Waals surface area contributed by atoms with E-state index in [0.717, 1.165) is 15.4 Å². The molecule has 4 rings (SSSR count). The predicted molar refractivity (Wildman–Crippen MR) is 107 cm³/mol. The van der Waals surface area contributed by atoms with E-state index in [0.29, 0.717) is 37.4 Å². The van der Waals surface area contributed by atoms with E-state index >= 15 is 0 Å². The summed E-state index contributed by atoms with van der Waals surface area (Å²) >= 11 is 1.50. The van der Waals surface area contributed by atoms with E-state index in [1.54, 1.807) is 24.1 Å². The van der Waals surface area contributed by atoms with Gasteiger partial charge in [-0.05, 0) is 31.0 Å². The molecule has 2 aliphatic rings. The summed E-state index contributed by atoms with van der Waals surface area (Å²) < 4.78 is 4.65. The van der Waals surface area contributed by atoms with Crippen molar-refractivity contribution in [2.75, 3.05) is 43.6 Å². The molecule has 0 saturated carbocycles. The third-order valence-corrected chi connectivity index (χ3v) is 6.44. The van der Waals surface area contributed by atoms with Gasteiger partial charge in [-0.1, -0.05) is 0 Å². The quantitative estimate of drug-likeness (QED) is 0.698. The number of esters is 1. The number of ether oxygens (including phenoxy) is 1. The second-order valence-corrected chi connectivity index (χ2v) is 8.01. The van der Waals surface area contributed by atoms with Crippen molar-refractivity contribution in [1.29, 1.82) is 0 Å². The van der Waals surface area contributed by atoms with Gasteiger partial charge in [0.25, 0.3) is 5.91 Å². The van der Waals surface area contributed by atoms with Gasteiger partial charge in [0.2, 0.25) is 5.91 Å². The van der Waals surface area contributed by atoms with Crippen molar-refractivity contribution in [1.82, 2.24) is 15.1 Å². The number of carbonyl (C=O) groups is 3. The van der Waals surface area contributed by atoms with E-state index in [9.17, 15) is 14.4 Å². The van der Waals surface area contributed by atoms with Crippen molar-refractivity contribution < 1.29 is 19.1 Å². The molecule has 0 spiro atoms. The molecule has 0 bridgehead atoms. The fraction of sp³-hybridized carbons (Fsp3) is 0.421. The summed E-state index contributed by atoms with van der Waals surface area (Å²) in [5, 5.41) is 8.83. The molecule has 0 radical (unpaired) electrons. The second-order valence-electron chi connectivity index (χ2n) is 6.92. The van der Waals surface area contributed by atoms with Gasteiger partial charge in [-0.25, -0.2) is 4.79 Å². The Kier molecular flexibility index (Phi) is 4.95. The van der Waals surface area contributed by atoms with Crippen LogP contribution in [0.15, 0.2) is 12.1 Å². The molecule has 0 atom stereocenters. The smallest absolute Gasteiger partial charge is 0.358 e. The van der Waals surface area contributed by atoms with Crippen LogP contribution in [0.2, 0.25) is 0 Å². The zero-order chi connectivity index (χ0) is 20.7. The Morgan fingerprint density at radius 2 is 2.03 bits per heavy atom. The van der Waals surface area contributed by atoms with Crippen LogP contribution in [0.4, 0.5) is 10.8 Å². The summed E-state index contributed by atoms with van der Waals surface area (Å²) in [4.78, 5) is 43.3. The first kappa shape index (κ1) is 19.3. The van der Waals surface area contributed by atoms with Crippen LogP contribution in [-0.4, -0.2) is 66.7 Å². The molecular formula is C19H21N5O4S. The molecule has 0 N–H and O–H groups in total. The van der Waals surface area contributed by atoms with Gasteiger partial charge in [-0.15, -0.1) is 21.5 Å². The third kappa shape index (κ3) is 3.23. The van der Waals surface area contributed by atoms with Crippen LogP contribution in [0.5, 0.6) is 0 Å². The standard InChI is InChI=1S/C19H21N5O4S/c1-4-24-15(25)10-22(2)17(26)16-11-7-8-23(9-13(11)29-18(16)24)14-6-5-12(20-21-14)19(27)28-3/h5-6H,4,7-10H2,1-3H3. The Bertz CT molecular complexity index is 987. The van der Waals surface area contributed by atoms with Gasteiger partial charge in [0.1, 0.15) is 11.5 Å². The van der Waals surface area contributed by atoms with E-state index in [-0.39, 0.29) is 24.1 Å². The van der Waals surface area contributed by atoms with E-state index in [2.05, 4.69) is 19.8 Å². The summed E-state index contributed by atoms with van der Waals surface area (Å²) in [6.07, 6.45) is 0.674. The molecular weight excluding hydrogens is 394 g/mol. The van der Waals surface area contributed by atoms with Crippen molar-refractivity contribution in [3.05, 3.63) is 33.8 Å². The molecule has 29 heavy (non-hydrogen) atoms. The summed E-state index contributed by atoms with van der Waals surface area (Å²) in [7, 11) is 2.97. The first-order chi connectivity index (χ1) is 13.9. The maximum Gasteiger partial charge on any atom is 0.358 e. The maximum atomic E-state index is 12.9. The van der Waals surface area contributed by atoms with Gasteiger partial charge in [-0.3, -0.25) is 9.59 Å². The normalized spacial score (nSPS) is 16.4. The number of amides is 2. The van der Waals surface area contributed by atoms with E-state index in [1.165, 1.54) is 23.3 Å². The fourth-order valence-electron chi connectivity index (χ4n) is 3.69. The first-order valence-corrected chi connectivity index (χ1v) is 10.1. The number of hydrogen-bond acceptors (Lipinski definition) is 8. The second kappa shape index (κ2) is 7.43. The number of thiophene rings is 1. The average molecular weight is 415 g/mol. The Morgan fingerprint density at radius 1 is 1.24 bits per heavy atom. The van der Waals surface area contributed by atoms with Crippen LogP contribution in [0, 0.1) is 0 Å². The molecule has 2 aliphatic heterocycles. The number of hydrogen-bond donors (Lipinski definition) is 0. The highest BCUT2D eigenvalue weighted by Crippen LogP contribution is 2.41. The highest BCUT2D eigenvalue weighted by molar-refractivity contribution is 7.17. The van der Waals surface area contributed by atoms with Gasteiger partial charge in [0.05, 0.1) is 19.2 Å². The van der Waals surface area contributed by atoms with Gasteiger partial charge in [0.15, 0.2) is 11.5 Å². The van der Waals surface area contributed by atoms with E-state index in [1.807, 2.05) is 6.92 Å². The van der Waals surface area contributed by atoms with Crippen LogP contribution < -0.4 is 9.80 Å². The Balaban J connectivity index is 1.66. The lowest BCUT2D eigenvalue weighted by molar-refractivity contribution is -0.118. The molecule has 0 aromatic carbocycles. The summed E-state index contributed by atoms with van der Waals surface area (Å²) in [5.41, 5.74) is 1.83. The average Bonchev–Trinajstić information content (AvgIpc) is 3.07. The molecule has 2 aromatic heterocycles. The molecule has 9 nitrogen and oxygen atoms in total. The van der Waals surface area contributed by atoms with Crippen LogP contribution in [0.1, 0.15) is 38.2 Å². The summed E-state index contributed by atoms with van der Waals surface area (Å²) in [5.74, 6) is -0.0445. The van der Waals surface area contributed by atoms with Crippen LogP contribution in [0.25, 0.3) is 0 Å². The number of fused-ring (bicyclic) bond motifs is 3. The van der Waals surface area contributed by atoms with E-state index in [4.69, 9.17) is 0 Å². The number of methoxy groups -OCH3 is 1. The molecule has 0 aliphatic carbocycles. The Labute approximate surface area is 171 Å². The van der Waals surface area contributed by atoms with Crippen LogP contribution >= 0.6 is 11.3 Å². The Hall–Kier alpha value is -3.01. The number of carbonyl (C=O) groups excluding carboxylic acids is 3. The lowest BCUT2D eigenvalue weighted by Gasteiger charge is -2.28. The number of likely N-dealkylation sites (N-methyl/N-ethyl adjacent to an activating group) is 2. The largest absolute Gasteiger partial charge is 0.464 e. The predicted octanol–water partition coefficient (Wildman–Crippen LogP) is 1.33. The molecule has 2 aromatic rings. The lowest BCUT2D eigenvalue weighted by Crippen LogP contribution is -2.37. The summed E-state index contributed by atoms with van der Waals surface area (Å²) in [6, 6.07) is 3.33. The molecule has 10 heteroatoms. The number of nitrogens with zero attached hydrogens (tertiary/aromatic N) is 5. The molecule has 0 saturated heterocycles. The zero-order valence-electron chi connectivity index (χ0n) is 16.5. The molecule has 0 unspecified atom stereocenters. The zero-order valence-corrected chi connectivity index (χ0v) is 17.3. The van der Waals surface area contributed by atoms with Gasteiger partial charge in [0, 0.05) is 25.0 Å². The summed E-state index contributed by atoms with van der Waals surface area (Å²) in [6.45, 7) is 3.77. The highest BCUT2D eigenvalue weighted by atomic mass is 32.1.